The van der Waals surface area contributed by atoms with Crippen LogP contribution in [-0.4, -0.2) is 69.7 Å². The summed E-state index contributed by atoms with van der Waals surface area (Å²) in [6, 6.07) is 15.6. The molecule has 3 aromatic rings. The van der Waals surface area contributed by atoms with E-state index in [0.29, 0.717) is 12.2 Å². The Morgan fingerprint density at radius 1 is 0.881 bits per heavy atom. The number of aryl methyl sites for hydroxylation is 2. The number of aromatic nitrogens is 1. The number of hydrogen-bond acceptors (Lipinski definition) is 5. The van der Waals surface area contributed by atoms with E-state index in [0.717, 1.165) is 63.4 Å². The molecule has 8 heteroatoms. The normalized spacial score (nSPS) is 14.2. The van der Waals surface area contributed by atoms with Crippen LogP contribution in [0.15, 0.2) is 73.0 Å². The van der Waals surface area contributed by atoms with Gasteiger partial charge in [0.1, 0.15) is 5.82 Å². The van der Waals surface area contributed by atoms with Gasteiger partial charge in [0.2, 0.25) is 0 Å². The molecule has 42 heavy (non-hydrogen) atoms. The lowest BCUT2D eigenvalue weighted by Crippen LogP contribution is -2.46. The van der Waals surface area contributed by atoms with Crippen LogP contribution in [0.1, 0.15) is 40.7 Å². The monoisotopic (exact) mass is 573 g/mol. The number of pyridine rings is 1. The third-order valence-electron chi connectivity index (χ3n) is 7.31. The van der Waals surface area contributed by atoms with Crippen molar-refractivity contribution in [3.63, 3.8) is 0 Å². The van der Waals surface area contributed by atoms with Crippen molar-refractivity contribution >= 4 is 18.0 Å². The van der Waals surface area contributed by atoms with Gasteiger partial charge in [-0.05, 0) is 104 Å². The summed E-state index contributed by atoms with van der Waals surface area (Å²) in [6.45, 7) is 13.1. The Morgan fingerprint density at radius 2 is 1.48 bits per heavy atom. The molecule has 0 saturated carbocycles. The van der Waals surface area contributed by atoms with Crippen LogP contribution < -0.4 is 0 Å². The fourth-order valence-electron chi connectivity index (χ4n) is 4.71. The van der Waals surface area contributed by atoms with Gasteiger partial charge in [0.05, 0.1) is 5.69 Å². The van der Waals surface area contributed by atoms with Gasteiger partial charge in [-0.2, -0.15) is 0 Å². The zero-order valence-corrected chi connectivity index (χ0v) is 24.6. The van der Waals surface area contributed by atoms with E-state index in [2.05, 4.69) is 72.0 Å². The van der Waals surface area contributed by atoms with E-state index in [1.807, 2.05) is 18.3 Å². The van der Waals surface area contributed by atoms with Gasteiger partial charge in [-0.15, -0.1) is 0 Å². The molecule has 4 rings (SSSR count). The Bertz CT molecular complexity index is 1360. The third kappa shape index (κ3) is 11.0. The van der Waals surface area contributed by atoms with Crippen molar-refractivity contribution in [2.45, 2.75) is 40.2 Å². The van der Waals surface area contributed by atoms with Crippen LogP contribution in [0.5, 0.6) is 0 Å². The SMILES string of the molecule is Cc1cc(-c2cc(CN3CCN(CCC/C=C/c4ccc(F)cc4)CC3)ccn2)cc(C)c1C.O=C(O)/C=C/C(=O)O. The minimum atomic E-state index is -1.26. The van der Waals surface area contributed by atoms with E-state index in [-0.39, 0.29) is 5.82 Å². The molecule has 0 unspecified atom stereocenters. The molecule has 1 aromatic heterocycles. The van der Waals surface area contributed by atoms with Gasteiger partial charge in [0, 0.05) is 56.6 Å². The molecule has 222 valence electrons. The number of carboxylic acid groups (broad SMARTS) is 2. The maximum absolute atomic E-state index is 13.0. The van der Waals surface area contributed by atoms with Gasteiger partial charge < -0.3 is 15.1 Å². The van der Waals surface area contributed by atoms with Crippen LogP contribution in [0.2, 0.25) is 0 Å². The van der Waals surface area contributed by atoms with E-state index < -0.39 is 11.9 Å². The molecule has 2 N–H and O–H groups in total. The number of nitrogens with zero attached hydrogens (tertiary/aromatic N) is 3. The van der Waals surface area contributed by atoms with E-state index in [9.17, 15) is 14.0 Å². The summed E-state index contributed by atoms with van der Waals surface area (Å²) in [7, 11) is 0. The average Bonchev–Trinajstić information content (AvgIpc) is 2.97. The second kappa shape index (κ2) is 16.3. The second-order valence-corrected chi connectivity index (χ2v) is 10.5. The van der Waals surface area contributed by atoms with Gasteiger partial charge in [0.25, 0.3) is 0 Å². The van der Waals surface area contributed by atoms with Crippen molar-refractivity contribution in [3.8, 4) is 11.3 Å². The summed E-state index contributed by atoms with van der Waals surface area (Å²) in [5.74, 6) is -2.70. The number of aliphatic carboxylic acids is 2. The molecule has 2 aromatic carbocycles. The Labute approximate surface area is 247 Å². The minimum absolute atomic E-state index is 0.183. The smallest absolute Gasteiger partial charge is 0.328 e. The van der Waals surface area contributed by atoms with Crippen molar-refractivity contribution in [2.24, 2.45) is 0 Å². The summed E-state index contributed by atoms with van der Waals surface area (Å²) in [4.78, 5) is 28.9. The first kappa shape index (κ1) is 32.4. The van der Waals surface area contributed by atoms with E-state index in [1.165, 1.54) is 39.9 Å². The zero-order valence-electron chi connectivity index (χ0n) is 24.6. The highest BCUT2D eigenvalue weighted by Gasteiger charge is 2.17. The van der Waals surface area contributed by atoms with Crippen LogP contribution >= 0.6 is 0 Å². The molecular weight excluding hydrogens is 533 g/mol. The van der Waals surface area contributed by atoms with Crippen LogP contribution in [0, 0.1) is 26.6 Å². The lowest BCUT2D eigenvalue weighted by atomic mass is 9.98. The largest absolute Gasteiger partial charge is 0.478 e. The maximum Gasteiger partial charge on any atom is 0.328 e. The van der Waals surface area contributed by atoms with Crippen LogP contribution in [0.4, 0.5) is 4.39 Å². The Morgan fingerprint density at radius 3 is 2.07 bits per heavy atom. The molecular formula is C34H40FN3O4. The summed E-state index contributed by atoms with van der Waals surface area (Å²) < 4.78 is 13.0. The maximum atomic E-state index is 13.0. The van der Waals surface area contributed by atoms with Gasteiger partial charge in [0.15, 0.2) is 0 Å². The summed E-state index contributed by atoms with van der Waals surface area (Å²) >= 11 is 0. The highest BCUT2D eigenvalue weighted by molar-refractivity contribution is 5.89. The van der Waals surface area contributed by atoms with E-state index >= 15 is 0 Å². The standard InChI is InChI=1S/C30H36FN3.C4H4O4/c1-23-19-28(20-24(2)25(23)3)30-21-27(12-13-32-30)22-34-17-15-33(16-18-34)14-6-4-5-7-26-8-10-29(31)11-9-26;5-3(6)1-2-4(7)8/h5,7-13,19-21H,4,6,14-18,22H2,1-3H3;1-2H,(H,5,6)(H,7,8)/b7-5+;2-1+. The number of hydrogen-bond donors (Lipinski definition) is 2. The first-order valence-electron chi connectivity index (χ1n) is 14.1. The highest BCUT2D eigenvalue weighted by atomic mass is 19.1. The molecule has 0 radical (unpaired) electrons. The number of carbonyl (C=O) groups is 2. The van der Waals surface area contributed by atoms with Crippen molar-refractivity contribution in [2.75, 3.05) is 32.7 Å². The van der Waals surface area contributed by atoms with Crippen LogP contribution in [0.25, 0.3) is 17.3 Å². The predicted octanol–water partition coefficient (Wildman–Crippen LogP) is 6.14. The van der Waals surface area contributed by atoms with Crippen LogP contribution in [0.3, 0.4) is 0 Å². The summed E-state index contributed by atoms with van der Waals surface area (Å²) in [6.07, 6.45) is 9.55. The second-order valence-electron chi connectivity index (χ2n) is 10.5. The topological polar surface area (TPSA) is 94.0 Å². The average molecular weight is 574 g/mol. The number of piperazine rings is 1. The predicted molar refractivity (Wildman–Crippen MR) is 165 cm³/mol. The quantitative estimate of drug-likeness (QED) is 0.222. The molecule has 0 atom stereocenters. The lowest BCUT2D eigenvalue weighted by Gasteiger charge is -2.34. The third-order valence-corrected chi connectivity index (χ3v) is 7.31. The highest BCUT2D eigenvalue weighted by Crippen LogP contribution is 2.24. The van der Waals surface area contributed by atoms with Crippen molar-refractivity contribution in [1.82, 2.24) is 14.8 Å². The summed E-state index contributed by atoms with van der Waals surface area (Å²) in [5.41, 5.74) is 8.68. The van der Waals surface area contributed by atoms with Crippen LogP contribution in [-0.2, 0) is 16.1 Å². The van der Waals surface area contributed by atoms with E-state index in [1.54, 1.807) is 0 Å². The fourth-order valence-corrected chi connectivity index (χ4v) is 4.71. The van der Waals surface area contributed by atoms with Gasteiger partial charge in [-0.3, -0.25) is 9.88 Å². The molecule has 1 aliphatic heterocycles. The van der Waals surface area contributed by atoms with Gasteiger partial charge in [-0.25, -0.2) is 14.0 Å². The molecule has 0 amide bonds. The zero-order chi connectivity index (χ0) is 30.5. The first-order chi connectivity index (χ1) is 20.1. The molecule has 1 saturated heterocycles. The Balaban J connectivity index is 0.000000531. The van der Waals surface area contributed by atoms with Crippen molar-refractivity contribution in [3.05, 3.63) is 107 Å². The lowest BCUT2D eigenvalue weighted by molar-refractivity contribution is -0.134. The molecule has 1 aliphatic rings. The number of rotatable bonds is 10. The number of allylic oxidation sites excluding steroid dienone is 1. The Hall–Kier alpha value is -4.14. The minimum Gasteiger partial charge on any atom is -0.478 e. The molecule has 7 nitrogen and oxygen atoms in total. The Kier molecular flexibility index (Phi) is 12.6. The number of carboxylic acids is 2. The first-order valence-corrected chi connectivity index (χ1v) is 14.1. The molecule has 0 bridgehead atoms. The number of halogens is 1. The van der Waals surface area contributed by atoms with Gasteiger partial charge in [-0.1, -0.05) is 24.3 Å². The molecule has 1 fully saturated rings. The van der Waals surface area contributed by atoms with Crippen molar-refractivity contribution in [1.29, 1.82) is 0 Å². The van der Waals surface area contributed by atoms with Crippen molar-refractivity contribution < 1.29 is 24.2 Å². The van der Waals surface area contributed by atoms with E-state index in [4.69, 9.17) is 10.2 Å². The van der Waals surface area contributed by atoms with Gasteiger partial charge >= 0.3 is 11.9 Å². The summed E-state index contributed by atoms with van der Waals surface area (Å²) in [5, 5.41) is 15.6. The number of benzene rings is 2. The number of unbranched alkanes of at least 4 members (excludes halogenated alkanes) is 1. The molecule has 0 aliphatic carbocycles. The molecule has 2 heterocycles. The molecule has 0 spiro atoms. The fraction of sp³-hybridized carbons (Fsp3) is 0.324.